The fourth-order valence-electron chi connectivity index (χ4n) is 2.97. The van der Waals surface area contributed by atoms with Crippen LogP contribution in [-0.2, 0) is 11.2 Å². The molecule has 2 atom stereocenters. The minimum absolute atomic E-state index is 0.0929. The first-order valence-electron chi connectivity index (χ1n) is 8.12. The Balaban J connectivity index is 1.75. The van der Waals surface area contributed by atoms with Gasteiger partial charge in [0.05, 0.1) is 25.4 Å². The molecule has 1 saturated heterocycles. The highest BCUT2D eigenvalue weighted by molar-refractivity contribution is 5.21. The van der Waals surface area contributed by atoms with Gasteiger partial charge in [0.15, 0.2) is 0 Å². The number of aliphatic hydroxyl groups excluding tert-OH is 1. The van der Waals surface area contributed by atoms with E-state index in [-0.39, 0.29) is 18.2 Å². The standard InChI is InChI=1S/C18H21F2NO3/c1-2-13-4-6-18(24-13)16-11-23-8-7-21(16)10-17(22)14-5-3-12(19)9-15(14)20/h3-6,9,16-17,22H,2,7-8,10-11H2,1H3. The van der Waals surface area contributed by atoms with Crippen LogP contribution in [0.4, 0.5) is 8.78 Å². The third-order valence-electron chi connectivity index (χ3n) is 4.33. The van der Waals surface area contributed by atoms with E-state index in [1.165, 1.54) is 6.07 Å². The highest BCUT2D eigenvalue weighted by atomic mass is 19.1. The van der Waals surface area contributed by atoms with Crippen molar-refractivity contribution in [2.24, 2.45) is 0 Å². The normalized spacial score (nSPS) is 20.2. The van der Waals surface area contributed by atoms with Crippen LogP contribution in [0.3, 0.4) is 0 Å². The number of halogens is 2. The molecule has 130 valence electrons. The van der Waals surface area contributed by atoms with Crippen molar-refractivity contribution >= 4 is 0 Å². The molecule has 3 rings (SSSR count). The van der Waals surface area contributed by atoms with Gasteiger partial charge in [-0.15, -0.1) is 0 Å². The first kappa shape index (κ1) is 17.1. The largest absolute Gasteiger partial charge is 0.464 e. The second-order valence-electron chi connectivity index (χ2n) is 5.92. The molecule has 24 heavy (non-hydrogen) atoms. The Kier molecular flexibility index (Phi) is 5.28. The number of rotatable bonds is 5. The van der Waals surface area contributed by atoms with Gasteiger partial charge >= 0.3 is 0 Å². The molecular formula is C18H21F2NO3. The lowest BCUT2D eigenvalue weighted by Crippen LogP contribution is -2.41. The summed E-state index contributed by atoms with van der Waals surface area (Å²) >= 11 is 0. The van der Waals surface area contributed by atoms with Gasteiger partial charge in [0.2, 0.25) is 0 Å². The van der Waals surface area contributed by atoms with Gasteiger partial charge in [0.25, 0.3) is 0 Å². The molecule has 1 fully saturated rings. The molecule has 0 aliphatic carbocycles. The summed E-state index contributed by atoms with van der Waals surface area (Å²) in [4.78, 5) is 2.01. The topological polar surface area (TPSA) is 45.8 Å². The first-order chi connectivity index (χ1) is 11.6. The van der Waals surface area contributed by atoms with Crippen molar-refractivity contribution in [2.75, 3.05) is 26.3 Å². The SMILES string of the molecule is CCc1ccc(C2COCCN2CC(O)c2ccc(F)cc2F)o1. The molecular weight excluding hydrogens is 316 g/mol. The predicted octanol–water partition coefficient (Wildman–Crippen LogP) is 3.23. The van der Waals surface area contributed by atoms with E-state index in [2.05, 4.69) is 0 Å². The zero-order valence-corrected chi connectivity index (χ0v) is 13.5. The monoisotopic (exact) mass is 337 g/mol. The molecule has 1 aromatic heterocycles. The van der Waals surface area contributed by atoms with Crippen LogP contribution in [0, 0.1) is 11.6 Å². The van der Waals surface area contributed by atoms with Crippen molar-refractivity contribution in [3.63, 3.8) is 0 Å². The Hall–Kier alpha value is -1.76. The molecule has 1 aliphatic heterocycles. The van der Waals surface area contributed by atoms with Gasteiger partial charge in [-0.2, -0.15) is 0 Å². The molecule has 0 spiro atoms. The third kappa shape index (κ3) is 3.66. The Labute approximate surface area is 139 Å². The van der Waals surface area contributed by atoms with Gasteiger partial charge in [0, 0.05) is 31.1 Å². The molecule has 2 aromatic rings. The summed E-state index contributed by atoms with van der Waals surface area (Å²) in [5.41, 5.74) is 0.0929. The van der Waals surface area contributed by atoms with Crippen LogP contribution >= 0.6 is 0 Å². The number of benzene rings is 1. The van der Waals surface area contributed by atoms with Crippen LogP contribution in [0.2, 0.25) is 0 Å². The van der Waals surface area contributed by atoms with Crippen LogP contribution in [0.1, 0.15) is 36.2 Å². The highest BCUT2D eigenvalue weighted by Gasteiger charge is 2.29. The molecule has 0 bridgehead atoms. The maximum Gasteiger partial charge on any atom is 0.131 e. The molecule has 1 aliphatic rings. The van der Waals surface area contributed by atoms with E-state index in [0.29, 0.717) is 19.8 Å². The third-order valence-corrected chi connectivity index (χ3v) is 4.33. The number of ether oxygens (including phenoxy) is 1. The summed E-state index contributed by atoms with van der Waals surface area (Å²) in [6.45, 7) is 3.83. The number of hydrogen-bond acceptors (Lipinski definition) is 4. The lowest BCUT2D eigenvalue weighted by Gasteiger charge is -2.35. The first-order valence-corrected chi connectivity index (χ1v) is 8.12. The van der Waals surface area contributed by atoms with Gasteiger partial charge in [-0.25, -0.2) is 8.78 Å². The fraction of sp³-hybridized carbons (Fsp3) is 0.444. The number of morpholine rings is 1. The molecule has 0 amide bonds. The second-order valence-corrected chi connectivity index (χ2v) is 5.92. The van der Waals surface area contributed by atoms with Gasteiger partial charge in [-0.1, -0.05) is 13.0 Å². The predicted molar refractivity (Wildman–Crippen MR) is 84.5 cm³/mol. The van der Waals surface area contributed by atoms with E-state index in [9.17, 15) is 13.9 Å². The molecule has 6 heteroatoms. The number of nitrogens with zero attached hydrogens (tertiary/aromatic N) is 1. The maximum atomic E-state index is 13.9. The molecule has 1 aromatic carbocycles. The van der Waals surface area contributed by atoms with Crippen molar-refractivity contribution in [1.29, 1.82) is 0 Å². The van der Waals surface area contributed by atoms with Crippen molar-refractivity contribution < 1.29 is 23.0 Å². The van der Waals surface area contributed by atoms with Crippen LogP contribution in [-0.4, -0.2) is 36.3 Å². The molecule has 1 N–H and O–H groups in total. The van der Waals surface area contributed by atoms with Crippen molar-refractivity contribution in [1.82, 2.24) is 4.90 Å². The Bertz CT molecular complexity index is 689. The Morgan fingerprint density at radius 3 is 2.83 bits per heavy atom. The summed E-state index contributed by atoms with van der Waals surface area (Å²) in [6, 6.07) is 6.94. The molecule has 0 saturated carbocycles. The smallest absolute Gasteiger partial charge is 0.131 e. The fourth-order valence-corrected chi connectivity index (χ4v) is 2.97. The summed E-state index contributed by atoms with van der Waals surface area (Å²) in [5.74, 6) is 0.271. The minimum atomic E-state index is -1.05. The van der Waals surface area contributed by atoms with E-state index >= 15 is 0 Å². The lowest BCUT2D eigenvalue weighted by molar-refractivity contribution is -0.0352. The number of aryl methyl sites for hydroxylation is 1. The van der Waals surface area contributed by atoms with Gasteiger partial charge in [-0.3, -0.25) is 4.90 Å². The van der Waals surface area contributed by atoms with Crippen molar-refractivity contribution in [3.8, 4) is 0 Å². The summed E-state index contributed by atoms with van der Waals surface area (Å²) in [5, 5.41) is 10.4. The van der Waals surface area contributed by atoms with Gasteiger partial charge in [0.1, 0.15) is 23.2 Å². The van der Waals surface area contributed by atoms with E-state index in [0.717, 1.165) is 30.1 Å². The van der Waals surface area contributed by atoms with Crippen LogP contribution in [0.25, 0.3) is 0 Å². The number of β-amino-alcohol motifs (C(OH)–C–C–N with tert-alkyl or cyclic N) is 1. The van der Waals surface area contributed by atoms with E-state index in [1.807, 2.05) is 24.0 Å². The average Bonchev–Trinajstić information content (AvgIpc) is 3.04. The Morgan fingerprint density at radius 2 is 2.12 bits per heavy atom. The quantitative estimate of drug-likeness (QED) is 0.910. The molecule has 0 radical (unpaired) electrons. The Morgan fingerprint density at radius 1 is 1.29 bits per heavy atom. The molecule has 2 heterocycles. The zero-order valence-electron chi connectivity index (χ0n) is 13.5. The zero-order chi connectivity index (χ0) is 17.1. The number of hydrogen-bond donors (Lipinski definition) is 1. The number of aliphatic hydroxyl groups is 1. The highest BCUT2D eigenvalue weighted by Crippen LogP contribution is 2.29. The average molecular weight is 337 g/mol. The maximum absolute atomic E-state index is 13.9. The summed E-state index contributed by atoms with van der Waals surface area (Å²) < 4.78 is 38.2. The van der Waals surface area contributed by atoms with Crippen LogP contribution in [0.5, 0.6) is 0 Å². The van der Waals surface area contributed by atoms with Gasteiger partial charge < -0.3 is 14.3 Å². The minimum Gasteiger partial charge on any atom is -0.464 e. The van der Waals surface area contributed by atoms with Crippen LogP contribution in [0.15, 0.2) is 34.7 Å². The second kappa shape index (κ2) is 7.42. The summed E-state index contributed by atoms with van der Waals surface area (Å²) in [7, 11) is 0. The van der Waals surface area contributed by atoms with Crippen molar-refractivity contribution in [2.45, 2.75) is 25.5 Å². The molecule has 2 unspecified atom stereocenters. The molecule has 4 nitrogen and oxygen atoms in total. The van der Waals surface area contributed by atoms with Gasteiger partial charge in [-0.05, 0) is 18.2 Å². The van der Waals surface area contributed by atoms with E-state index < -0.39 is 17.7 Å². The number of furan rings is 1. The summed E-state index contributed by atoms with van der Waals surface area (Å²) in [6.07, 6.45) is -0.247. The van der Waals surface area contributed by atoms with E-state index in [1.54, 1.807) is 0 Å². The lowest BCUT2D eigenvalue weighted by atomic mass is 10.1. The van der Waals surface area contributed by atoms with E-state index in [4.69, 9.17) is 9.15 Å². The van der Waals surface area contributed by atoms with Crippen LogP contribution < -0.4 is 0 Å². The van der Waals surface area contributed by atoms with Crippen molar-refractivity contribution in [3.05, 3.63) is 59.1 Å².